The van der Waals surface area contributed by atoms with Gasteiger partial charge in [0.05, 0.1) is 22.2 Å². The van der Waals surface area contributed by atoms with E-state index < -0.39 is 10.9 Å². The first-order valence-corrected chi connectivity index (χ1v) is 5.35. The van der Waals surface area contributed by atoms with Crippen molar-refractivity contribution >= 4 is 33.5 Å². The summed E-state index contributed by atoms with van der Waals surface area (Å²) in [7, 11) is 0. The zero-order valence-electron chi connectivity index (χ0n) is 9.45. The number of aromatic carboxylic acids is 1. The van der Waals surface area contributed by atoms with Crippen molar-refractivity contribution in [2.24, 2.45) is 0 Å². The van der Waals surface area contributed by atoms with Gasteiger partial charge in [0, 0.05) is 34.6 Å². The monoisotopic (exact) mass is 257 g/mol. The van der Waals surface area contributed by atoms with E-state index in [-0.39, 0.29) is 11.3 Å². The number of fused-ring (bicyclic) bond motifs is 3. The van der Waals surface area contributed by atoms with Gasteiger partial charge in [-0.05, 0) is 6.07 Å². The van der Waals surface area contributed by atoms with Crippen molar-refractivity contribution < 1.29 is 14.8 Å². The average Bonchev–Trinajstić information content (AvgIpc) is 2.75. The maximum atomic E-state index is 11.2. The molecule has 0 radical (unpaired) electrons. The molecule has 0 aliphatic carbocycles. The molecule has 7 nitrogen and oxygen atoms in total. The Kier molecular flexibility index (Phi) is 2.21. The summed E-state index contributed by atoms with van der Waals surface area (Å²) in [5.41, 5.74) is 1.11. The van der Waals surface area contributed by atoms with Crippen molar-refractivity contribution in [3.63, 3.8) is 0 Å². The van der Waals surface area contributed by atoms with Crippen LogP contribution in [0.3, 0.4) is 0 Å². The number of benzene rings is 1. The molecule has 0 bridgehead atoms. The lowest BCUT2D eigenvalue weighted by atomic mass is 10.1. The number of aromatic amines is 1. The third-order valence-corrected chi connectivity index (χ3v) is 2.93. The molecule has 3 aromatic rings. The molecule has 0 amide bonds. The van der Waals surface area contributed by atoms with Gasteiger partial charge in [0.15, 0.2) is 0 Å². The molecule has 1 aromatic carbocycles. The minimum Gasteiger partial charge on any atom is -0.478 e. The summed E-state index contributed by atoms with van der Waals surface area (Å²) >= 11 is 0. The second-order valence-corrected chi connectivity index (χ2v) is 4.03. The topological polar surface area (TPSA) is 109 Å². The first-order chi connectivity index (χ1) is 9.08. The Labute approximate surface area is 105 Å². The van der Waals surface area contributed by atoms with Gasteiger partial charge in [-0.25, -0.2) is 4.79 Å². The predicted octanol–water partition coefficient (Wildman–Crippen LogP) is 2.32. The number of nitrogens with zero attached hydrogens (tertiary/aromatic N) is 2. The van der Waals surface area contributed by atoms with Crippen LogP contribution in [0.15, 0.2) is 30.6 Å². The summed E-state index contributed by atoms with van der Waals surface area (Å²) in [6.07, 6.45) is 2.73. The fraction of sp³-hybridized carbons (Fsp3) is 0. The molecule has 0 aliphatic heterocycles. The Hall–Kier alpha value is -2.96. The number of H-pyrrole nitrogens is 1. The van der Waals surface area contributed by atoms with Gasteiger partial charge in [-0.2, -0.15) is 0 Å². The minimum atomic E-state index is -1.12. The maximum Gasteiger partial charge on any atom is 0.337 e. The quantitative estimate of drug-likeness (QED) is 0.540. The molecule has 0 fully saturated rings. The molecule has 0 saturated carbocycles. The summed E-state index contributed by atoms with van der Waals surface area (Å²) in [6, 6.07) is 4.28. The smallest absolute Gasteiger partial charge is 0.337 e. The van der Waals surface area contributed by atoms with Crippen molar-refractivity contribution in [1.82, 2.24) is 9.97 Å². The highest BCUT2D eigenvalue weighted by atomic mass is 16.6. The SMILES string of the molecule is O=C(O)c1cncc2[nH]c3ccc([N+](=O)[O-])cc3c12. The molecule has 2 heterocycles. The summed E-state index contributed by atoms with van der Waals surface area (Å²) in [4.78, 5) is 28.3. The molecule has 0 spiro atoms. The van der Waals surface area contributed by atoms with E-state index in [4.69, 9.17) is 5.11 Å². The van der Waals surface area contributed by atoms with Gasteiger partial charge in [0.25, 0.3) is 5.69 Å². The van der Waals surface area contributed by atoms with Crippen LogP contribution in [0.5, 0.6) is 0 Å². The fourth-order valence-electron chi connectivity index (χ4n) is 2.11. The maximum absolute atomic E-state index is 11.2. The Bertz CT molecular complexity index is 837. The van der Waals surface area contributed by atoms with Gasteiger partial charge in [-0.3, -0.25) is 15.1 Å². The average molecular weight is 257 g/mol. The Morgan fingerprint density at radius 2 is 2.11 bits per heavy atom. The molecule has 94 valence electrons. The highest BCUT2D eigenvalue weighted by Gasteiger charge is 2.16. The van der Waals surface area contributed by atoms with E-state index in [9.17, 15) is 14.9 Å². The zero-order valence-corrected chi connectivity index (χ0v) is 9.45. The first kappa shape index (κ1) is 11.1. The van der Waals surface area contributed by atoms with Crippen molar-refractivity contribution in [2.75, 3.05) is 0 Å². The van der Waals surface area contributed by atoms with Crippen molar-refractivity contribution in [2.45, 2.75) is 0 Å². The summed E-state index contributed by atoms with van der Waals surface area (Å²) < 4.78 is 0. The number of rotatable bonds is 2. The number of pyridine rings is 1. The molecule has 3 rings (SSSR count). The number of carboxylic acid groups (broad SMARTS) is 1. The lowest BCUT2D eigenvalue weighted by molar-refractivity contribution is -0.384. The molecule has 7 heteroatoms. The molecule has 19 heavy (non-hydrogen) atoms. The number of nitrogens with one attached hydrogen (secondary N) is 1. The van der Waals surface area contributed by atoms with E-state index in [1.165, 1.54) is 24.5 Å². The normalized spacial score (nSPS) is 10.9. The number of hydrogen-bond donors (Lipinski definition) is 2. The standard InChI is InChI=1S/C12H7N3O4/c16-12(17)8-4-13-5-10-11(8)7-3-6(15(18)19)1-2-9(7)14-10/h1-5,14H,(H,16,17). The molecule has 0 saturated heterocycles. The number of nitro benzene ring substituents is 1. The van der Waals surface area contributed by atoms with Gasteiger partial charge >= 0.3 is 5.97 Å². The Balaban J connectivity index is 2.48. The third kappa shape index (κ3) is 1.60. The number of non-ortho nitro benzene ring substituents is 1. The van der Waals surface area contributed by atoms with Crippen LogP contribution < -0.4 is 0 Å². The van der Waals surface area contributed by atoms with Gasteiger partial charge in [0.1, 0.15) is 0 Å². The molecule has 2 N–H and O–H groups in total. The molecular formula is C12H7N3O4. The summed E-state index contributed by atoms with van der Waals surface area (Å²) in [5.74, 6) is -1.12. The van der Waals surface area contributed by atoms with E-state index >= 15 is 0 Å². The van der Waals surface area contributed by atoms with Crippen molar-refractivity contribution in [3.05, 3.63) is 46.3 Å². The van der Waals surface area contributed by atoms with E-state index in [0.29, 0.717) is 21.8 Å². The second kappa shape index (κ2) is 3.77. The molecular weight excluding hydrogens is 250 g/mol. The van der Waals surface area contributed by atoms with Crippen LogP contribution in [0.1, 0.15) is 10.4 Å². The van der Waals surface area contributed by atoms with E-state index in [1.54, 1.807) is 6.07 Å². The third-order valence-electron chi connectivity index (χ3n) is 2.93. The lowest BCUT2D eigenvalue weighted by Gasteiger charge is -1.97. The Morgan fingerprint density at radius 3 is 2.79 bits per heavy atom. The van der Waals surface area contributed by atoms with E-state index in [1.807, 2.05) is 0 Å². The van der Waals surface area contributed by atoms with Crippen LogP contribution >= 0.6 is 0 Å². The Morgan fingerprint density at radius 1 is 1.32 bits per heavy atom. The molecule has 0 atom stereocenters. The minimum absolute atomic E-state index is 0.0178. The number of nitro groups is 1. The molecule has 0 unspecified atom stereocenters. The van der Waals surface area contributed by atoms with Gasteiger partial charge in [0.2, 0.25) is 0 Å². The predicted molar refractivity (Wildman–Crippen MR) is 67.2 cm³/mol. The van der Waals surface area contributed by atoms with Crippen LogP contribution in [0.4, 0.5) is 5.69 Å². The zero-order chi connectivity index (χ0) is 13.6. The number of carbonyl (C=O) groups is 1. The van der Waals surface area contributed by atoms with Crippen LogP contribution in [-0.2, 0) is 0 Å². The van der Waals surface area contributed by atoms with Crippen LogP contribution in [0, 0.1) is 10.1 Å². The fourth-order valence-corrected chi connectivity index (χ4v) is 2.11. The first-order valence-electron chi connectivity index (χ1n) is 5.35. The van der Waals surface area contributed by atoms with Gasteiger partial charge in [-0.15, -0.1) is 0 Å². The highest BCUT2D eigenvalue weighted by Crippen LogP contribution is 2.30. The second-order valence-electron chi connectivity index (χ2n) is 4.03. The van der Waals surface area contributed by atoms with Crippen molar-refractivity contribution in [3.8, 4) is 0 Å². The highest BCUT2D eigenvalue weighted by molar-refractivity contribution is 6.16. The van der Waals surface area contributed by atoms with Gasteiger partial charge in [-0.1, -0.05) is 0 Å². The van der Waals surface area contributed by atoms with E-state index in [2.05, 4.69) is 9.97 Å². The van der Waals surface area contributed by atoms with E-state index in [0.717, 1.165) is 0 Å². The largest absolute Gasteiger partial charge is 0.478 e. The molecule has 0 aliphatic rings. The van der Waals surface area contributed by atoms with Crippen LogP contribution in [-0.4, -0.2) is 26.0 Å². The number of aromatic nitrogens is 2. The van der Waals surface area contributed by atoms with Crippen LogP contribution in [0.25, 0.3) is 21.8 Å². The van der Waals surface area contributed by atoms with Crippen molar-refractivity contribution in [1.29, 1.82) is 0 Å². The summed E-state index contributed by atoms with van der Waals surface area (Å²) in [5, 5.41) is 20.9. The number of carboxylic acids is 1. The summed E-state index contributed by atoms with van der Waals surface area (Å²) in [6.45, 7) is 0. The lowest BCUT2D eigenvalue weighted by Crippen LogP contribution is -1.97. The van der Waals surface area contributed by atoms with Gasteiger partial charge < -0.3 is 10.1 Å². The molecule has 2 aromatic heterocycles. The number of hydrogen-bond acceptors (Lipinski definition) is 4. The van der Waals surface area contributed by atoms with Crippen LogP contribution in [0.2, 0.25) is 0 Å².